The molecule has 7 heteroatoms. The average Bonchev–Trinajstić information content (AvgIpc) is 2.48. The van der Waals surface area contributed by atoms with Gasteiger partial charge in [-0.05, 0) is 29.9 Å². The molecule has 0 bridgehead atoms. The zero-order valence-corrected chi connectivity index (χ0v) is 14.9. The van der Waals surface area contributed by atoms with Gasteiger partial charge >= 0.3 is 0 Å². The van der Waals surface area contributed by atoms with Crippen LogP contribution in [-0.4, -0.2) is 35.9 Å². The van der Waals surface area contributed by atoms with E-state index in [9.17, 15) is 17.2 Å². The van der Waals surface area contributed by atoms with Crippen LogP contribution in [-0.2, 0) is 10.0 Å². The fourth-order valence-electron chi connectivity index (χ4n) is 3.99. The molecule has 0 aromatic carbocycles. The maximum atomic E-state index is 14.1. The first-order valence-electron chi connectivity index (χ1n) is 8.41. The summed E-state index contributed by atoms with van der Waals surface area (Å²) in [6.07, 6.45) is 4.51. The van der Waals surface area contributed by atoms with Crippen molar-refractivity contribution in [1.82, 2.24) is 9.29 Å². The Balaban J connectivity index is 1.82. The van der Waals surface area contributed by atoms with Gasteiger partial charge in [-0.25, -0.2) is 17.2 Å². The Labute approximate surface area is 142 Å². The summed E-state index contributed by atoms with van der Waals surface area (Å²) in [6.45, 7) is 4.34. The van der Waals surface area contributed by atoms with Gasteiger partial charge in [0.25, 0.3) is 5.92 Å². The third-order valence-electron chi connectivity index (χ3n) is 5.27. The molecule has 134 valence electrons. The van der Waals surface area contributed by atoms with Crippen molar-refractivity contribution < 1.29 is 17.2 Å². The van der Waals surface area contributed by atoms with Gasteiger partial charge in [-0.2, -0.15) is 4.31 Å². The Bertz CT molecular complexity index is 692. The smallest absolute Gasteiger partial charge is 0.251 e. The molecule has 2 unspecified atom stereocenters. The molecule has 1 aliphatic heterocycles. The first kappa shape index (κ1) is 17.7. The van der Waals surface area contributed by atoms with Crippen LogP contribution >= 0.6 is 0 Å². The van der Waals surface area contributed by atoms with Gasteiger partial charge < -0.3 is 0 Å². The maximum absolute atomic E-state index is 14.1. The van der Waals surface area contributed by atoms with Crippen LogP contribution < -0.4 is 0 Å². The number of rotatable bonds is 4. The van der Waals surface area contributed by atoms with Crippen LogP contribution in [0.25, 0.3) is 0 Å². The Morgan fingerprint density at radius 2 is 2.08 bits per heavy atom. The van der Waals surface area contributed by atoms with Crippen molar-refractivity contribution in [1.29, 1.82) is 0 Å². The molecular formula is C17H24F2N2O2S. The highest BCUT2D eigenvalue weighted by atomic mass is 32.2. The highest BCUT2D eigenvalue weighted by Crippen LogP contribution is 2.50. The van der Waals surface area contributed by atoms with Crippen molar-refractivity contribution in [2.45, 2.75) is 51.5 Å². The molecule has 24 heavy (non-hydrogen) atoms. The van der Waals surface area contributed by atoms with E-state index in [0.29, 0.717) is 19.4 Å². The van der Waals surface area contributed by atoms with Gasteiger partial charge in [-0.1, -0.05) is 26.3 Å². The molecule has 0 amide bonds. The van der Waals surface area contributed by atoms with E-state index in [1.807, 2.05) is 19.9 Å². The number of halogens is 2. The fourth-order valence-corrected chi connectivity index (χ4v) is 6.36. The summed E-state index contributed by atoms with van der Waals surface area (Å²) in [7, 11) is -3.74. The lowest BCUT2D eigenvalue weighted by molar-refractivity contribution is -0.0780. The lowest BCUT2D eigenvalue weighted by Crippen LogP contribution is -2.59. The van der Waals surface area contributed by atoms with E-state index < -0.39 is 27.6 Å². The molecule has 0 N–H and O–H groups in total. The van der Waals surface area contributed by atoms with Crippen LogP contribution in [0.4, 0.5) is 8.78 Å². The van der Waals surface area contributed by atoms with Crippen LogP contribution in [0.2, 0.25) is 0 Å². The summed E-state index contributed by atoms with van der Waals surface area (Å²) in [4.78, 5) is 4.07. The molecule has 3 rings (SSSR count). The molecule has 1 aromatic heterocycles. The third-order valence-corrected chi connectivity index (χ3v) is 7.15. The van der Waals surface area contributed by atoms with Gasteiger partial charge in [0.15, 0.2) is 0 Å². The Morgan fingerprint density at radius 3 is 2.67 bits per heavy atom. The second-order valence-electron chi connectivity index (χ2n) is 7.70. The maximum Gasteiger partial charge on any atom is 0.251 e. The molecule has 2 aliphatic rings. The second-order valence-corrected chi connectivity index (χ2v) is 9.67. The average molecular weight is 358 g/mol. The lowest BCUT2D eigenvalue weighted by Gasteiger charge is -2.53. The van der Waals surface area contributed by atoms with Crippen LogP contribution in [0, 0.1) is 11.3 Å². The standard InChI is InChI=1S/C17H24F2N2O2S/c1-16(2)12-21(15(16)13-6-5-9-20-10-13)24(22,23)11-14-7-3-4-8-17(14,18)19/h5-6,9-10,14-15H,3-4,7-8,11-12H2,1-2H3. The van der Waals surface area contributed by atoms with Crippen LogP contribution in [0.1, 0.15) is 51.1 Å². The van der Waals surface area contributed by atoms with Crippen LogP contribution in [0.5, 0.6) is 0 Å². The van der Waals surface area contributed by atoms with Crippen molar-refractivity contribution in [2.75, 3.05) is 12.3 Å². The summed E-state index contributed by atoms with van der Waals surface area (Å²) in [5, 5.41) is 0. The van der Waals surface area contributed by atoms with Crippen LogP contribution in [0.3, 0.4) is 0 Å². The third kappa shape index (κ3) is 3.20. The quantitative estimate of drug-likeness (QED) is 0.826. The summed E-state index contributed by atoms with van der Waals surface area (Å²) < 4.78 is 55.1. The number of alkyl halides is 2. The van der Waals surface area contributed by atoms with E-state index >= 15 is 0 Å². The number of sulfonamides is 1. The highest BCUT2D eigenvalue weighted by molar-refractivity contribution is 7.89. The number of nitrogens with zero attached hydrogens (tertiary/aromatic N) is 2. The minimum atomic E-state index is -3.74. The van der Waals surface area contributed by atoms with E-state index in [2.05, 4.69) is 4.98 Å². The van der Waals surface area contributed by atoms with Gasteiger partial charge in [0, 0.05) is 31.3 Å². The van der Waals surface area contributed by atoms with E-state index in [1.165, 1.54) is 4.31 Å². The van der Waals surface area contributed by atoms with Gasteiger partial charge in [0.1, 0.15) is 0 Å². The van der Waals surface area contributed by atoms with E-state index in [4.69, 9.17) is 0 Å². The van der Waals surface area contributed by atoms with E-state index in [-0.39, 0.29) is 24.3 Å². The topological polar surface area (TPSA) is 50.3 Å². The predicted molar refractivity (Wildman–Crippen MR) is 88.2 cm³/mol. The second kappa shape index (κ2) is 6.02. The predicted octanol–water partition coefficient (Wildman–Crippen LogP) is 3.62. The van der Waals surface area contributed by atoms with Gasteiger partial charge in [-0.3, -0.25) is 4.98 Å². The largest absolute Gasteiger partial charge is 0.264 e. The molecule has 2 atom stereocenters. The molecule has 1 aliphatic carbocycles. The monoisotopic (exact) mass is 358 g/mol. The number of hydrogen-bond donors (Lipinski definition) is 0. The first-order chi connectivity index (χ1) is 11.1. The Morgan fingerprint density at radius 1 is 1.33 bits per heavy atom. The SMILES string of the molecule is CC1(C)CN(S(=O)(=O)CC2CCCCC2(F)F)C1c1cccnc1. The zero-order valence-electron chi connectivity index (χ0n) is 14.1. The fraction of sp³-hybridized carbons (Fsp3) is 0.706. The molecule has 0 spiro atoms. The van der Waals surface area contributed by atoms with Crippen molar-refractivity contribution >= 4 is 10.0 Å². The van der Waals surface area contributed by atoms with Crippen molar-refractivity contribution in [2.24, 2.45) is 11.3 Å². The van der Waals surface area contributed by atoms with Crippen molar-refractivity contribution in [3.05, 3.63) is 30.1 Å². The van der Waals surface area contributed by atoms with Gasteiger partial charge in [-0.15, -0.1) is 0 Å². The normalized spacial score (nSPS) is 29.8. The van der Waals surface area contributed by atoms with Crippen molar-refractivity contribution in [3.8, 4) is 0 Å². The molecule has 4 nitrogen and oxygen atoms in total. The molecular weight excluding hydrogens is 334 g/mol. The lowest BCUT2D eigenvalue weighted by atomic mass is 9.74. The zero-order chi connectivity index (χ0) is 17.6. The van der Waals surface area contributed by atoms with Gasteiger partial charge in [0.05, 0.1) is 11.8 Å². The van der Waals surface area contributed by atoms with E-state index in [0.717, 1.165) is 5.56 Å². The van der Waals surface area contributed by atoms with Gasteiger partial charge in [0.2, 0.25) is 10.0 Å². The number of hydrogen-bond acceptors (Lipinski definition) is 3. The van der Waals surface area contributed by atoms with E-state index in [1.54, 1.807) is 18.5 Å². The Kier molecular flexibility index (Phi) is 4.45. The molecule has 2 fully saturated rings. The summed E-state index contributed by atoms with van der Waals surface area (Å²) in [6, 6.07) is 3.27. The molecule has 1 saturated carbocycles. The summed E-state index contributed by atoms with van der Waals surface area (Å²) >= 11 is 0. The number of pyridine rings is 1. The summed E-state index contributed by atoms with van der Waals surface area (Å²) in [5.74, 6) is -4.42. The summed E-state index contributed by atoms with van der Waals surface area (Å²) in [5.41, 5.74) is 0.582. The minimum absolute atomic E-state index is 0.204. The molecule has 0 radical (unpaired) electrons. The minimum Gasteiger partial charge on any atom is -0.264 e. The Hall–Kier alpha value is -1.08. The molecule has 1 aromatic rings. The van der Waals surface area contributed by atoms with Crippen LogP contribution in [0.15, 0.2) is 24.5 Å². The van der Waals surface area contributed by atoms with Crippen molar-refractivity contribution in [3.63, 3.8) is 0 Å². The highest BCUT2D eigenvalue weighted by Gasteiger charge is 2.54. The number of aromatic nitrogens is 1. The first-order valence-corrected chi connectivity index (χ1v) is 10.0. The molecule has 1 saturated heterocycles. The molecule has 2 heterocycles.